The van der Waals surface area contributed by atoms with E-state index in [2.05, 4.69) is 18.7 Å². The highest BCUT2D eigenvalue weighted by Crippen LogP contribution is 2.39. The van der Waals surface area contributed by atoms with Gasteiger partial charge in [-0.15, -0.1) is 0 Å². The summed E-state index contributed by atoms with van der Waals surface area (Å²) in [5, 5.41) is 0. The van der Waals surface area contributed by atoms with Crippen LogP contribution in [-0.2, 0) is 0 Å². The summed E-state index contributed by atoms with van der Waals surface area (Å²) >= 11 is 0. The van der Waals surface area contributed by atoms with E-state index in [0.717, 1.165) is 37.3 Å². The van der Waals surface area contributed by atoms with Crippen molar-refractivity contribution in [1.29, 1.82) is 0 Å². The molecule has 0 spiro atoms. The molecule has 1 saturated heterocycles. The van der Waals surface area contributed by atoms with Gasteiger partial charge in [0.05, 0.1) is 0 Å². The van der Waals surface area contributed by atoms with Crippen molar-refractivity contribution in [3.63, 3.8) is 0 Å². The molecule has 82 valence electrons. The molecule has 0 aromatic carbocycles. The first-order chi connectivity index (χ1) is 6.65. The molecule has 2 aliphatic rings. The predicted molar refractivity (Wildman–Crippen MR) is 57.0 cm³/mol. The maximum absolute atomic E-state index is 12.9. The van der Waals surface area contributed by atoms with Crippen LogP contribution in [0.15, 0.2) is 0 Å². The minimum absolute atomic E-state index is 0.545. The summed E-state index contributed by atoms with van der Waals surface area (Å²) in [6.07, 6.45) is 2.98. The van der Waals surface area contributed by atoms with Gasteiger partial charge in [0.15, 0.2) is 0 Å². The molecule has 2 rings (SSSR count). The van der Waals surface area contributed by atoms with Crippen LogP contribution in [0.4, 0.5) is 4.39 Å². The van der Waals surface area contributed by atoms with Crippen molar-refractivity contribution >= 4 is 0 Å². The van der Waals surface area contributed by atoms with E-state index in [4.69, 9.17) is 0 Å². The summed E-state index contributed by atoms with van der Waals surface area (Å²) < 4.78 is 12.9. The lowest BCUT2D eigenvalue weighted by Crippen LogP contribution is -2.37. The van der Waals surface area contributed by atoms with E-state index < -0.39 is 6.17 Å². The first-order valence-corrected chi connectivity index (χ1v) is 6.01. The van der Waals surface area contributed by atoms with Crippen LogP contribution in [0, 0.1) is 17.8 Å². The Balaban J connectivity index is 1.64. The van der Waals surface area contributed by atoms with Crippen LogP contribution in [0.2, 0.25) is 0 Å². The molecule has 2 heteroatoms. The average Bonchev–Trinajstić information content (AvgIpc) is 2.42. The van der Waals surface area contributed by atoms with Gasteiger partial charge in [-0.3, -0.25) is 0 Å². The predicted octanol–water partition coefficient (Wildman–Crippen LogP) is 2.71. The Kier molecular flexibility index (Phi) is 3.10. The number of hydrogen-bond acceptors (Lipinski definition) is 1. The molecule has 1 aliphatic carbocycles. The second-order valence-electron chi connectivity index (χ2n) is 5.49. The fraction of sp³-hybridized carbons (Fsp3) is 1.00. The van der Waals surface area contributed by atoms with Gasteiger partial charge in [-0.25, -0.2) is 4.39 Å². The molecule has 1 atom stereocenters. The standard InChI is InChI=1S/C12H22FN/c1-9(2)11-5-10(6-11)7-14-4-3-12(13)8-14/h9-12H,3-8H2,1-2H3/t10-,11-,12-/m1/s1. The number of likely N-dealkylation sites (tertiary alicyclic amines) is 1. The number of rotatable bonds is 3. The quantitative estimate of drug-likeness (QED) is 0.675. The average molecular weight is 199 g/mol. The summed E-state index contributed by atoms with van der Waals surface area (Å²) in [5.74, 6) is 2.66. The van der Waals surface area contributed by atoms with Crippen molar-refractivity contribution in [2.45, 2.75) is 39.3 Å². The van der Waals surface area contributed by atoms with Gasteiger partial charge in [0.25, 0.3) is 0 Å². The van der Waals surface area contributed by atoms with Crippen LogP contribution in [-0.4, -0.2) is 30.7 Å². The molecule has 0 N–H and O–H groups in total. The van der Waals surface area contributed by atoms with Gasteiger partial charge in [-0.1, -0.05) is 13.8 Å². The number of hydrogen-bond donors (Lipinski definition) is 0. The van der Waals surface area contributed by atoms with E-state index in [1.165, 1.54) is 12.8 Å². The summed E-state index contributed by atoms with van der Waals surface area (Å²) in [4.78, 5) is 2.31. The monoisotopic (exact) mass is 199 g/mol. The highest BCUT2D eigenvalue weighted by Gasteiger charge is 2.33. The van der Waals surface area contributed by atoms with Gasteiger partial charge in [-0.05, 0) is 37.0 Å². The molecular weight excluding hydrogens is 177 g/mol. The summed E-state index contributed by atoms with van der Waals surface area (Å²) in [6.45, 7) is 7.47. The van der Waals surface area contributed by atoms with Crippen LogP contribution < -0.4 is 0 Å². The molecule has 0 aromatic rings. The van der Waals surface area contributed by atoms with Crippen molar-refractivity contribution in [1.82, 2.24) is 4.90 Å². The molecular formula is C12H22FN. The van der Waals surface area contributed by atoms with Crippen molar-refractivity contribution in [3.8, 4) is 0 Å². The van der Waals surface area contributed by atoms with Crippen molar-refractivity contribution in [2.24, 2.45) is 17.8 Å². The molecule has 1 aliphatic heterocycles. The fourth-order valence-electron chi connectivity index (χ4n) is 2.80. The Bertz CT molecular complexity index is 187. The maximum atomic E-state index is 12.9. The molecule has 2 fully saturated rings. The van der Waals surface area contributed by atoms with Crippen LogP contribution in [0.3, 0.4) is 0 Å². The highest BCUT2D eigenvalue weighted by atomic mass is 19.1. The lowest BCUT2D eigenvalue weighted by molar-refractivity contribution is 0.102. The van der Waals surface area contributed by atoms with Crippen molar-refractivity contribution in [2.75, 3.05) is 19.6 Å². The van der Waals surface area contributed by atoms with Gasteiger partial charge in [0.1, 0.15) is 6.17 Å². The zero-order valence-corrected chi connectivity index (χ0v) is 9.38. The van der Waals surface area contributed by atoms with Crippen LogP contribution >= 0.6 is 0 Å². The summed E-state index contributed by atoms with van der Waals surface area (Å²) in [5.41, 5.74) is 0. The second-order valence-corrected chi connectivity index (χ2v) is 5.49. The Morgan fingerprint density at radius 1 is 1.36 bits per heavy atom. The van der Waals surface area contributed by atoms with Crippen LogP contribution in [0.5, 0.6) is 0 Å². The van der Waals surface area contributed by atoms with Gasteiger partial charge in [-0.2, -0.15) is 0 Å². The van der Waals surface area contributed by atoms with Crippen molar-refractivity contribution in [3.05, 3.63) is 0 Å². The minimum Gasteiger partial charge on any atom is -0.300 e. The van der Waals surface area contributed by atoms with Crippen molar-refractivity contribution < 1.29 is 4.39 Å². The van der Waals surface area contributed by atoms with E-state index in [1.54, 1.807) is 0 Å². The lowest BCUT2D eigenvalue weighted by atomic mass is 9.69. The normalized spacial score (nSPS) is 39.0. The largest absolute Gasteiger partial charge is 0.300 e. The highest BCUT2D eigenvalue weighted by molar-refractivity contribution is 4.85. The van der Waals surface area contributed by atoms with Gasteiger partial charge in [0.2, 0.25) is 0 Å². The fourth-order valence-corrected chi connectivity index (χ4v) is 2.80. The van der Waals surface area contributed by atoms with E-state index in [0.29, 0.717) is 6.54 Å². The number of nitrogens with zero attached hydrogens (tertiary/aromatic N) is 1. The van der Waals surface area contributed by atoms with E-state index >= 15 is 0 Å². The van der Waals surface area contributed by atoms with Crippen LogP contribution in [0.1, 0.15) is 33.1 Å². The first-order valence-electron chi connectivity index (χ1n) is 6.01. The number of alkyl halides is 1. The molecule has 14 heavy (non-hydrogen) atoms. The molecule has 1 saturated carbocycles. The van der Waals surface area contributed by atoms with Gasteiger partial charge < -0.3 is 4.90 Å². The van der Waals surface area contributed by atoms with E-state index in [9.17, 15) is 4.39 Å². The zero-order chi connectivity index (χ0) is 10.1. The summed E-state index contributed by atoms with van der Waals surface area (Å²) in [7, 11) is 0. The minimum atomic E-state index is -0.545. The molecule has 0 amide bonds. The third-order valence-electron chi connectivity index (χ3n) is 3.95. The molecule has 0 aromatic heterocycles. The lowest BCUT2D eigenvalue weighted by Gasteiger charge is -2.40. The SMILES string of the molecule is CC(C)[C@H]1C[C@H](CN2CC[C@@H](F)C2)C1. The molecule has 1 heterocycles. The Morgan fingerprint density at radius 3 is 2.57 bits per heavy atom. The van der Waals surface area contributed by atoms with Crippen LogP contribution in [0.25, 0.3) is 0 Å². The Labute approximate surface area is 86.7 Å². The summed E-state index contributed by atoms with van der Waals surface area (Å²) in [6, 6.07) is 0. The van der Waals surface area contributed by atoms with E-state index in [-0.39, 0.29) is 0 Å². The Morgan fingerprint density at radius 2 is 2.07 bits per heavy atom. The maximum Gasteiger partial charge on any atom is 0.114 e. The molecule has 0 unspecified atom stereocenters. The van der Waals surface area contributed by atoms with E-state index in [1.807, 2.05) is 0 Å². The second kappa shape index (κ2) is 4.18. The molecule has 0 bridgehead atoms. The zero-order valence-electron chi connectivity index (χ0n) is 9.38. The Hall–Kier alpha value is -0.110. The topological polar surface area (TPSA) is 3.24 Å². The van der Waals surface area contributed by atoms with Gasteiger partial charge in [0, 0.05) is 19.6 Å². The number of halogens is 1. The smallest absolute Gasteiger partial charge is 0.114 e. The third kappa shape index (κ3) is 2.28. The first kappa shape index (κ1) is 10.4. The van der Waals surface area contributed by atoms with Gasteiger partial charge >= 0.3 is 0 Å². The molecule has 1 nitrogen and oxygen atoms in total. The molecule has 0 radical (unpaired) electrons. The third-order valence-corrected chi connectivity index (χ3v) is 3.95.